The zero-order valence-electron chi connectivity index (χ0n) is 13.7. The summed E-state index contributed by atoms with van der Waals surface area (Å²) >= 11 is 0. The molecule has 25 heavy (non-hydrogen) atoms. The van der Waals surface area contributed by atoms with Crippen LogP contribution in [0, 0.1) is 0 Å². The lowest BCUT2D eigenvalue weighted by atomic mass is 10.0. The maximum Gasteiger partial charge on any atom is 0.414 e. The lowest BCUT2D eigenvalue weighted by molar-refractivity contribution is 0.0926. The van der Waals surface area contributed by atoms with Gasteiger partial charge in [-0.15, -0.1) is 0 Å². The maximum absolute atomic E-state index is 12.6. The third kappa shape index (κ3) is 2.29. The average Bonchev–Trinajstić information content (AvgIpc) is 2.91. The van der Waals surface area contributed by atoms with Crippen LogP contribution in [0.3, 0.4) is 0 Å². The Labute approximate surface area is 144 Å². The molecule has 0 saturated carbocycles. The quantitative estimate of drug-likeness (QED) is 0.751. The molecular formula is C19H16N2O4. The molecule has 0 radical (unpaired) electrons. The number of carbonyl (C=O) groups is 3. The summed E-state index contributed by atoms with van der Waals surface area (Å²) in [6.07, 6.45) is 1.17. The number of imide groups is 1. The number of hydrogen-bond acceptors (Lipinski definition) is 4. The summed E-state index contributed by atoms with van der Waals surface area (Å²) in [5.74, 6) is -0.637. The minimum Gasteiger partial charge on any atom is -0.452 e. The van der Waals surface area contributed by atoms with Gasteiger partial charge in [-0.2, -0.15) is 0 Å². The third-order valence-electron chi connectivity index (χ3n) is 4.63. The van der Waals surface area contributed by atoms with Gasteiger partial charge in [-0.25, -0.2) is 9.69 Å². The Balaban J connectivity index is 1.73. The largest absolute Gasteiger partial charge is 0.452 e. The van der Waals surface area contributed by atoms with Crippen molar-refractivity contribution in [1.82, 2.24) is 0 Å². The molecule has 0 fully saturated rings. The zero-order chi connectivity index (χ0) is 17.6. The molecule has 2 aliphatic rings. The molecule has 0 bridgehead atoms. The fourth-order valence-electron chi connectivity index (χ4n) is 3.45. The molecular weight excluding hydrogens is 320 g/mol. The SMILES string of the molecule is COC(=O)N1CCCc2cc(N3C(=O)c4ccccc4C3=O)ccc21. The number of benzene rings is 2. The number of aryl methyl sites for hydroxylation is 1. The first-order chi connectivity index (χ1) is 12.1. The first kappa shape index (κ1) is 15.4. The molecule has 2 aromatic rings. The molecule has 0 aliphatic carbocycles. The van der Waals surface area contributed by atoms with Gasteiger partial charge >= 0.3 is 6.09 Å². The van der Waals surface area contributed by atoms with Crippen LogP contribution >= 0.6 is 0 Å². The smallest absolute Gasteiger partial charge is 0.414 e. The molecule has 2 heterocycles. The maximum atomic E-state index is 12.6. The van der Waals surface area contributed by atoms with E-state index in [1.165, 1.54) is 12.0 Å². The van der Waals surface area contributed by atoms with Gasteiger partial charge in [0, 0.05) is 6.54 Å². The Kier molecular flexibility index (Phi) is 3.53. The predicted molar refractivity (Wildman–Crippen MR) is 92.1 cm³/mol. The number of fused-ring (bicyclic) bond motifs is 2. The van der Waals surface area contributed by atoms with Crippen LogP contribution in [0.5, 0.6) is 0 Å². The van der Waals surface area contributed by atoms with Crippen molar-refractivity contribution >= 4 is 29.3 Å². The molecule has 4 rings (SSSR count). The number of methoxy groups -OCH3 is 1. The molecule has 0 atom stereocenters. The second kappa shape index (κ2) is 5.73. The highest BCUT2D eigenvalue weighted by atomic mass is 16.5. The summed E-state index contributed by atoms with van der Waals surface area (Å²) in [6.45, 7) is 0.589. The lowest BCUT2D eigenvalue weighted by Gasteiger charge is -2.29. The summed E-state index contributed by atoms with van der Waals surface area (Å²) in [4.78, 5) is 39.9. The number of nitrogens with zero attached hydrogens (tertiary/aromatic N) is 2. The molecule has 6 heteroatoms. The number of ether oxygens (including phenoxy) is 1. The molecule has 0 spiro atoms. The molecule has 0 unspecified atom stereocenters. The highest BCUT2D eigenvalue weighted by Crippen LogP contribution is 2.34. The highest BCUT2D eigenvalue weighted by molar-refractivity contribution is 6.34. The molecule has 0 saturated heterocycles. The second-order valence-electron chi connectivity index (χ2n) is 6.03. The monoisotopic (exact) mass is 336 g/mol. The van der Waals surface area contributed by atoms with Crippen molar-refractivity contribution < 1.29 is 19.1 Å². The molecule has 6 nitrogen and oxygen atoms in total. The van der Waals surface area contributed by atoms with Gasteiger partial charge in [-0.3, -0.25) is 14.5 Å². The van der Waals surface area contributed by atoms with Gasteiger partial charge in [0.1, 0.15) is 0 Å². The van der Waals surface area contributed by atoms with Crippen LogP contribution in [0.2, 0.25) is 0 Å². The predicted octanol–water partition coefficient (Wildman–Crippen LogP) is 3.01. The molecule has 0 aromatic heterocycles. The molecule has 2 aromatic carbocycles. The first-order valence-corrected chi connectivity index (χ1v) is 8.08. The summed E-state index contributed by atoms with van der Waals surface area (Å²) < 4.78 is 4.82. The Morgan fingerprint density at radius 3 is 2.36 bits per heavy atom. The summed E-state index contributed by atoms with van der Waals surface area (Å²) in [7, 11) is 1.35. The fourth-order valence-corrected chi connectivity index (χ4v) is 3.45. The van der Waals surface area contributed by atoms with Crippen molar-refractivity contribution in [3.63, 3.8) is 0 Å². The van der Waals surface area contributed by atoms with Crippen LogP contribution in [0.4, 0.5) is 16.2 Å². The lowest BCUT2D eigenvalue weighted by Crippen LogP contribution is -2.35. The van der Waals surface area contributed by atoms with Crippen molar-refractivity contribution in [1.29, 1.82) is 0 Å². The summed E-state index contributed by atoms with van der Waals surface area (Å²) in [5.41, 5.74) is 3.05. The van der Waals surface area contributed by atoms with E-state index >= 15 is 0 Å². The van der Waals surface area contributed by atoms with E-state index in [1.54, 1.807) is 41.3 Å². The van der Waals surface area contributed by atoms with Crippen molar-refractivity contribution in [3.8, 4) is 0 Å². The van der Waals surface area contributed by atoms with E-state index in [-0.39, 0.29) is 11.8 Å². The van der Waals surface area contributed by atoms with E-state index in [4.69, 9.17) is 4.74 Å². The van der Waals surface area contributed by atoms with Gasteiger partial charge in [0.05, 0.1) is 29.6 Å². The second-order valence-corrected chi connectivity index (χ2v) is 6.03. The Bertz CT molecular complexity index is 871. The van der Waals surface area contributed by atoms with E-state index in [1.807, 2.05) is 6.07 Å². The zero-order valence-corrected chi connectivity index (χ0v) is 13.7. The number of rotatable bonds is 1. The van der Waals surface area contributed by atoms with Gasteiger partial charge in [-0.05, 0) is 48.7 Å². The molecule has 2 aliphatic heterocycles. The van der Waals surface area contributed by atoms with Crippen molar-refractivity contribution in [2.24, 2.45) is 0 Å². The summed E-state index contributed by atoms with van der Waals surface area (Å²) in [6, 6.07) is 12.1. The fraction of sp³-hybridized carbons (Fsp3) is 0.211. The average molecular weight is 336 g/mol. The van der Waals surface area contributed by atoms with Gasteiger partial charge < -0.3 is 4.74 Å². The minimum atomic E-state index is -0.408. The standard InChI is InChI=1S/C19H16N2O4/c1-25-19(24)20-10-4-5-12-11-13(8-9-16(12)20)21-17(22)14-6-2-3-7-15(14)18(21)23/h2-3,6-9,11H,4-5,10H2,1H3. The minimum absolute atomic E-state index is 0.318. The number of hydrogen-bond donors (Lipinski definition) is 0. The van der Waals surface area contributed by atoms with Crippen LogP contribution in [-0.2, 0) is 11.2 Å². The highest BCUT2D eigenvalue weighted by Gasteiger charge is 2.36. The number of anilines is 2. The van der Waals surface area contributed by atoms with Gasteiger partial charge in [0.2, 0.25) is 0 Å². The molecule has 0 N–H and O–H groups in total. The van der Waals surface area contributed by atoms with Gasteiger partial charge in [-0.1, -0.05) is 12.1 Å². The van der Waals surface area contributed by atoms with Crippen LogP contribution in [0.1, 0.15) is 32.7 Å². The van der Waals surface area contributed by atoms with Crippen molar-refractivity contribution in [2.45, 2.75) is 12.8 Å². The molecule has 126 valence electrons. The van der Waals surface area contributed by atoms with Gasteiger partial charge in [0.15, 0.2) is 0 Å². The van der Waals surface area contributed by atoms with E-state index in [9.17, 15) is 14.4 Å². The third-order valence-corrected chi connectivity index (χ3v) is 4.63. The van der Waals surface area contributed by atoms with Gasteiger partial charge in [0.25, 0.3) is 11.8 Å². The Hall–Kier alpha value is -3.15. The van der Waals surface area contributed by atoms with E-state index < -0.39 is 6.09 Å². The van der Waals surface area contributed by atoms with E-state index in [0.29, 0.717) is 23.4 Å². The Morgan fingerprint density at radius 1 is 1.04 bits per heavy atom. The van der Waals surface area contributed by atoms with Crippen LogP contribution < -0.4 is 9.80 Å². The van der Waals surface area contributed by atoms with Crippen LogP contribution in [0.15, 0.2) is 42.5 Å². The van der Waals surface area contributed by atoms with Crippen molar-refractivity contribution in [3.05, 3.63) is 59.2 Å². The number of amides is 3. The molecule has 3 amide bonds. The summed E-state index contributed by atoms with van der Waals surface area (Å²) in [5, 5.41) is 0. The van der Waals surface area contributed by atoms with E-state index in [0.717, 1.165) is 24.1 Å². The first-order valence-electron chi connectivity index (χ1n) is 8.08. The van der Waals surface area contributed by atoms with E-state index in [2.05, 4.69) is 0 Å². The van der Waals surface area contributed by atoms with Crippen LogP contribution in [0.25, 0.3) is 0 Å². The Morgan fingerprint density at radius 2 is 1.72 bits per heavy atom. The normalized spacial score (nSPS) is 15.9. The topological polar surface area (TPSA) is 66.9 Å². The van der Waals surface area contributed by atoms with Crippen LogP contribution in [-0.4, -0.2) is 31.6 Å². The number of carbonyl (C=O) groups excluding carboxylic acids is 3. The van der Waals surface area contributed by atoms with Crippen molar-refractivity contribution in [2.75, 3.05) is 23.5 Å².